The molecular formula is C11H15N5O4. The Hall–Kier alpha value is -2.45. The number of carboxylic acid groups (broad SMARTS) is 1. The fourth-order valence-electron chi connectivity index (χ4n) is 2.08. The molecule has 0 unspecified atom stereocenters. The van der Waals surface area contributed by atoms with Gasteiger partial charge in [0.15, 0.2) is 5.69 Å². The lowest BCUT2D eigenvalue weighted by Gasteiger charge is -2.11. The number of aromatic carboxylic acids is 1. The average molecular weight is 281 g/mol. The minimum atomic E-state index is -1.23. The van der Waals surface area contributed by atoms with Crippen molar-refractivity contribution in [1.29, 1.82) is 0 Å². The van der Waals surface area contributed by atoms with Gasteiger partial charge < -0.3 is 10.4 Å². The third kappa shape index (κ3) is 3.77. The third-order valence-corrected chi connectivity index (χ3v) is 3.01. The highest BCUT2D eigenvalue weighted by molar-refractivity contribution is 5.94. The van der Waals surface area contributed by atoms with E-state index in [-0.39, 0.29) is 18.3 Å². The summed E-state index contributed by atoms with van der Waals surface area (Å²) in [5.41, 5.74) is -0.256. The molecule has 1 fully saturated rings. The summed E-state index contributed by atoms with van der Waals surface area (Å²) in [7, 11) is 0. The molecule has 1 aromatic rings. The van der Waals surface area contributed by atoms with Crippen molar-refractivity contribution in [1.82, 2.24) is 25.6 Å². The number of carbonyl (C=O) groups is 3. The van der Waals surface area contributed by atoms with Crippen molar-refractivity contribution in [3.8, 4) is 0 Å². The minimum Gasteiger partial charge on any atom is -0.476 e. The van der Waals surface area contributed by atoms with E-state index in [1.807, 2.05) is 0 Å². The first kappa shape index (κ1) is 14.0. The highest BCUT2D eigenvalue weighted by atomic mass is 16.4. The smallest absolute Gasteiger partial charge is 0.358 e. The Bertz CT molecular complexity index is 521. The molecule has 9 nitrogen and oxygen atoms in total. The fraction of sp³-hybridized carbons (Fsp3) is 0.545. The van der Waals surface area contributed by atoms with Crippen LogP contribution in [0.15, 0.2) is 6.20 Å². The lowest BCUT2D eigenvalue weighted by molar-refractivity contribution is -0.120. The number of hydrogen-bond acceptors (Lipinski definition) is 5. The van der Waals surface area contributed by atoms with Gasteiger partial charge in [-0.2, -0.15) is 0 Å². The molecule has 0 bridgehead atoms. The predicted octanol–water partition coefficient (Wildman–Crippen LogP) is -0.255. The van der Waals surface area contributed by atoms with Crippen molar-refractivity contribution in [2.24, 2.45) is 0 Å². The molecule has 9 heteroatoms. The van der Waals surface area contributed by atoms with Gasteiger partial charge in [-0.1, -0.05) is 18.1 Å². The van der Waals surface area contributed by atoms with E-state index in [1.165, 1.54) is 0 Å². The zero-order valence-electron chi connectivity index (χ0n) is 10.7. The van der Waals surface area contributed by atoms with Crippen molar-refractivity contribution in [3.05, 3.63) is 11.9 Å². The van der Waals surface area contributed by atoms with Crippen LogP contribution in [0.1, 0.15) is 36.2 Å². The Morgan fingerprint density at radius 3 is 2.65 bits per heavy atom. The predicted molar refractivity (Wildman–Crippen MR) is 65.9 cm³/mol. The molecule has 1 aliphatic carbocycles. The molecule has 0 saturated heterocycles. The summed E-state index contributed by atoms with van der Waals surface area (Å²) in [6, 6.07) is -0.423. The number of hydrogen-bond donors (Lipinski definition) is 3. The SMILES string of the molecule is O=C(Cn1cc(C(=O)O)nn1)NC(=O)NC1CCCC1. The second-order valence-corrected chi connectivity index (χ2v) is 4.61. The first-order chi connectivity index (χ1) is 9.54. The molecule has 1 aliphatic rings. The van der Waals surface area contributed by atoms with Crippen molar-refractivity contribution in [3.63, 3.8) is 0 Å². The maximum atomic E-state index is 11.6. The number of carboxylic acids is 1. The van der Waals surface area contributed by atoms with Crippen molar-refractivity contribution >= 4 is 17.9 Å². The highest BCUT2D eigenvalue weighted by Crippen LogP contribution is 2.17. The van der Waals surface area contributed by atoms with Crippen LogP contribution in [-0.4, -0.2) is 44.0 Å². The van der Waals surface area contributed by atoms with Crippen LogP contribution in [0.3, 0.4) is 0 Å². The normalized spacial score (nSPS) is 15.0. The molecule has 0 radical (unpaired) electrons. The molecule has 3 N–H and O–H groups in total. The third-order valence-electron chi connectivity index (χ3n) is 3.01. The van der Waals surface area contributed by atoms with E-state index in [2.05, 4.69) is 20.9 Å². The second-order valence-electron chi connectivity index (χ2n) is 4.61. The fourth-order valence-corrected chi connectivity index (χ4v) is 2.08. The van der Waals surface area contributed by atoms with Crippen LogP contribution in [0.2, 0.25) is 0 Å². The second kappa shape index (κ2) is 6.13. The lowest BCUT2D eigenvalue weighted by atomic mass is 10.2. The van der Waals surface area contributed by atoms with Gasteiger partial charge in [0.2, 0.25) is 5.91 Å². The van der Waals surface area contributed by atoms with Gasteiger partial charge in [0.1, 0.15) is 6.54 Å². The van der Waals surface area contributed by atoms with E-state index in [9.17, 15) is 14.4 Å². The molecule has 1 heterocycles. The van der Waals surface area contributed by atoms with Crippen molar-refractivity contribution < 1.29 is 19.5 Å². The van der Waals surface area contributed by atoms with Gasteiger partial charge in [0.05, 0.1) is 6.20 Å². The summed E-state index contributed by atoms with van der Waals surface area (Å²) in [4.78, 5) is 33.7. The van der Waals surface area contributed by atoms with Gasteiger partial charge in [0.25, 0.3) is 0 Å². The Balaban J connectivity index is 1.78. The van der Waals surface area contributed by atoms with Crippen LogP contribution in [0.5, 0.6) is 0 Å². The number of amides is 3. The van der Waals surface area contributed by atoms with Gasteiger partial charge in [-0.3, -0.25) is 10.1 Å². The molecular weight excluding hydrogens is 266 g/mol. The van der Waals surface area contributed by atoms with Gasteiger partial charge in [-0.05, 0) is 12.8 Å². The van der Waals surface area contributed by atoms with Crippen LogP contribution in [-0.2, 0) is 11.3 Å². The summed E-state index contributed by atoms with van der Waals surface area (Å²) in [6.07, 6.45) is 5.13. The Labute approximate surface area is 114 Å². The first-order valence-electron chi connectivity index (χ1n) is 6.28. The number of aromatic nitrogens is 3. The molecule has 1 saturated carbocycles. The van der Waals surface area contributed by atoms with Crippen LogP contribution in [0, 0.1) is 0 Å². The van der Waals surface area contributed by atoms with Crippen molar-refractivity contribution in [2.45, 2.75) is 38.3 Å². The molecule has 0 aromatic carbocycles. The lowest BCUT2D eigenvalue weighted by Crippen LogP contribution is -2.44. The number of nitrogens with zero attached hydrogens (tertiary/aromatic N) is 3. The van der Waals surface area contributed by atoms with Gasteiger partial charge in [-0.25, -0.2) is 14.3 Å². The number of imide groups is 1. The van der Waals surface area contributed by atoms with Crippen LogP contribution < -0.4 is 10.6 Å². The number of carbonyl (C=O) groups excluding carboxylic acids is 2. The van der Waals surface area contributed by atoms with Gasteiger partial charge >= 0.3 is 12.0 Å². The van der Waals surface area contributed by atoms with E-state index < -0.39 is 17.9 Å². The summed E-state index contributed by atoms with van der Waals surface area (Å²) in [6.45, 7) is -0.266. The zero-order valence-corrected chi connectivity index (χ0v) is 10.7. The largest absolute Gasteiger partial charge is 0.476 e. The molecule has 1 aromatic heterocycles. The average Bonchev–Trinajstić information content (AvgIpc) is 2.99. The zero-order chi connectivity index (χ0) is 14.5. The molecule has 3 amide bonds. The molecule has 20 heavy (non-hydrogen) atoms. The van der Waals surface area contributed by atoms with Gasteiger partial charge in [0, 0.05) is 6.04 Å². The van der Waals surface area contributed by atoms with Crippen LogP contribution in [0.4, 0.5) is 4.79 Å². The van der Waals surface area contributed by atoms with Crippen LogP contribution >= 0.6 is 0 Å². The molecule has 108 valence electrons. The quantitative estimate of drug-likeness (QED) is 0.698. The standard InChI is InChI=1S/C11H15N5O4/c17-9(6-16-5-8(10(18)19)14-15-16)13-11(20)12-7-3-1-2-4-7/h5,7H,1-4,6H2,(H,18,19)(H2,12,13,17,20). The molecule has 0 aliphatic heterocycles. The Morgan fingerprint density at radius 2 is 2.05 bits per heavy atom. The summed E-state index contributed by atoms with van der Waals surface area (Å²) in [5.74, 6) is -1.81. The maximum Gasteiger partial charge on any atom is 0.358 e. The maximum absolute atomic E-state index is 11.6. The Kier molecular flexibility index (Phi) is 4.28. The number of nitrogens with one attached hydrogen (secondary N) is 2. The Morgan fingerprint density at radius 1 is 1.35 bits per heavy atom. The van der Waals surface area contributed by atoms with Gasteiger partial charge in [-0.15, -0.1) is 5.10 Å². The molecule has 0 atom stereocenters. The summed E-state index contributed by atoms with van der Waals surface area (Å²) >= 11 is 0. The highest BCUT2D eigenvalue weighted by Gasteiger charge is 2.18. The first-order valence-corrected chi connectivity index (χ1v) is 6.28. The van der Waals surface area contributed by atoms with E-state index >= 15 is 0 Å². The van der Waals surface area contributed by atoms with Crippen molar-refractivity contribution in [2.75, 3.05) is 0 Å². The molecule has 0 spiro atoms. The van der Waals surface area contributed by atoms with E-state index in [0.29, 0.717) is 0 Å². The molecule has 2 rings (SSSR count). The number of rotatable bonds is 4. The van der Waals surface area contributed by atoms with E-state index in [1.54, 1.807) is 0 Å². The summed E-state index contributed by atoms with van der Waals surface area (Å²) in [5, 5.41) is 20.4. The van der Waals surface area contributed by atoms with E-state index in [4.69, 9.17) is 5.11 Å². The minimum absolute atomic E-state index is 0.118. The van der Waals surface area contributed by atoms with Crippen LogP contribution in [0.25, 0.3) is 0 Å². The van der Waals surface area contributed by atoms with E-state index in [0.717, 1.165) is 36.6 Å². The monoisotopic (exact) mass is 281 g/mol. The topological polar surface area (TPSA) is 126 Å². The number of urea groups is 1. The summed E-state index contributed by atoms with van der Waals surface area (Å²) < 4.78 is 1.06.